The number of hydrogen-bond acceptors (Lipinski definition) is 5. The van der Waals surface area contributed by atoms with Crippen LogP contribution in [0.2, 0.25) is 0 Å². The van der Waals surface area contributed by atoms with Gasteiger partial charge >= 0.3 is 0 Å². The first-order valence-electron chi connectivity index (χ1n) is 12.9. The van der Waals surface area contributed by atoms with Gasteiger partial charge in [-0.25, -0.2) is 0 Å². The van der Waals surface area contributed by atoms with Gasteiger partial charge in [0, 0.05) is 49.4 Å². The number of aliphatic hydroxyl groups is 1. The van der Waals surface area contributed by atoms with Crippen molar-refractivity contribution < 1.29 is 14.7 Å². The normalized spacial score (nSPS) is 22.4. The van der Waals surface area contributed by atoms with Gasteiger partial charge in [0.05, 0.1) is 6.54 Å². The number of allylic oxidation sites excluding steroid dienone is 6. The van der Waals surface area contributed by atoms with E-state index in [2.05, 4.69) is 22.5 Å². The van der Waals surface area contributed by atoms with Crippen molar-refractivity contribution in [3.63, 3.8) is 0 Å². The molecule has 7 nitrogen and oxygen atoms in total. The number of hydrogen-bond donors (Lipinski definition) is 2. The Morgan fingerprint density at radius 3 is 2.81 bits per heavy atom. The van der Waals surface area contributed by atoms with E-state index in [1.54, 1.807) is 11.1 Å². The zero-order valence-corrected chi connectivity index (χ0v) is 21.8. The zero-order chi connectivity index (χ0) is 25.9. The summed E-state index contributed by atoms with van der Waals surface area (Å²) in [6, 6.07) is 5.71. The van der Waals surface area contributed by atoms with Crippen molar-refractivity contribution >= 4 is 11.8 Å². The Bertz CT molecular complexity index is 1010. The van der Waals surface area contributed by atoms with Gasteiger partial charge in [0.25, 0.3) is 0 Å². The lowest BCUT2D eigenvalue weighted by molar-refractivity contribution is -0.138. The molecule has 0 saturated carbocycles. The van der Waals surface area contributed by atoms with E-state index in [9.17, 15) is 14.7 Å². The van der Waals surface area contributed by atoms with E-state index in [0.29, 0.717) is 25.9 Å². The van der Waals surface area contributed by atoms with Crippen LogP contribution in [0.3, 0.4) is 0 Å². The maximum absolute atomic E-state index is 13.4. The lowest BCUT2D eigenvalue weighted by atomic mass is 9.98. The van der Waals surface area contributed by atoms with Crippen LogP contribution in [0.5, 0.6) is 0 Å². The third-order valence-electron chi connectivity index (χ3n) is 6.72. The minimum atomic E-state index is -0.805. The number of carbonyl (C=O) groups is 2. The third kappa shape index (κ3) is 8.28. The van der Waals surface area contributed by atoms with E-state index < -0.39 is 6.23 Å². The van der Waals surface area contributed by atoms with Gasteiger partial charge < -0.3 is 15.3 Å². The molecule has 2 heterocycles. The average Bonchev–Trinajstić information content (AvgIpc) is 2.85. The molecule has 0 aromatic carbocycles. The van der Waals surface area contributed by atoms with Crippen LogP contribution in [0.25, 0.3) is 0 Å². The Kier molecular flexibility index (Phi) is 10.6. The number of aromatic nitrogens is 1. The first-order chi connectivity index (χ1) is 17.4. The molecular weight excluding hydrogens is 452 g/mol. The first kappa shape index (κ1) is 27.6. The minimum absolute atomic E-state index is 0.0277. The Hall–Kier alpha value is -3.03. The molecule has 1 saturated heterocycles. The van der Waals surface area contributed by atoms with Crippen LogP contribution < -0.4 is 5.32 Å². The third-order valence-corrected chi connectivity index (χ3v) is 6.72. The van der Waals surface area contributed by atoms with Gasteiger partial charge in [-0.3, -0.25) is 19.5 Å². The molecule has 2 amide bonds. The van der Waals surface area contributed by atoms with Crippen molar-refractivity contribution in [2.24, 2.45) is 5.92 Å². The van der Waals surface area contributed by atoms with Gasteiger partial charge in [-0.05, 0) is 45.2 Å². The predicted molar refractivity (Wildman–Crippen MR) is 143 cm³/mol. The van der Waals surface area contributed by atoms with Crippen LogP contribution in [0.1, 0.15) is 52.1 Å². The molecule has 36 heavy (non-hydrogen) atoms. The largest absolute Gasteiger partial charge is 0.378 e. The quantitative estimate of drug-likeness (QED) is 0.405. The molecule has 1 aromatic heterocycles. The van der Waals surface area contributed by atoms with Gasteiger partial charge in [-0.2, -0.15) is 0 Å². The molecular formula is C29H40N4O3. The van der Waals surface area contributed by atoms with Gasteiger partial charge in [-0.1, -0.05) is 54.5 Å². The highest BCUT2D eigenvalue weighted by Gasteiger charge is 2.31. The number of amides is 2. The number of nitrogens with one attached hydrogen (secondary N) is 1. The van der Waals surface area contributed by atoms with E-state index in [1.165, 1.54) is 5.57 Å². The molecule has 3 rings (SSSR count). The minimum Gasteiger partial charge on any atom is -0.378 e. The molecule has 194 valence electrons. The van der Waals surface area contributed by atoms with E-state index in [1.807, 2.05) is 62.1 Å². The molecule has 1 aliphatic carbocycles. The number of aliphatic hydroxyl groups excluding tert-OH is 1. The summed E-state index contributed by atoms with van der Waals surface area (Å²) in [5, 5.41) is 14.1. The molecule has 1 aliphatic heterocycles. The molecule has 1 aromatic rings. The SMILES string of the molecule is C/C=C(C)\C=C/C(C)C(O)N1CC(=O)N(CC(=O)NCCc2ccccn2)/C2=C/CCC/C=C(\C2)C1. The average molecular weight is 493 g/mol. The van der Waals surface area contributed by atoms with Crippen molar-refractivity contribution in [3.8, 4) is 0 Å². The Balaban J connectivity index is 1.71. The second-order valence-corrected chi connectivity index (χ2v) is 9.64. The molecule has 2 N–H and O–H groups in total. The summed E-state index contributed by atoms with van der Waals surface area (Å²) in [7, 11) is 0. The molecule has 2 bridgehead atoms. The maximum atomic E-state index is 13.4. The summed E-state index contributed by atoms with van der Waals surface area (Å²) >= 11 is 0. The molecule has 1 fully saturated rings. The van der Waals surface area contributed by atoms with E-state index >= 15 is 0 Å². The molecule has 7 heteroatoms. The summed E-state index contributed by atoms with van der Waals surface area (Å²) in [6.45, 7) is 6.97. The van der Waals surface area contributed by atoms with Crippen LogP contribution >= 0.6 is 0 Å². The molecule has 2 atom stereocenters. The Labute approximate surface area is 215 Å². The topological polar surface area (TPSA) is 85.8 Å². The Morgan fingerprint density at radius 1 is 1.25 bits per heavy atom. The second-order valence-electron chi connectivity index (χ2n) is 9.64. The predicted octanol–water partition coefficient (Wildman–Crippen LogP) is 3.75. The highest BCUT2D eigenvalue weighted by Crippen LogP contribution is 2.26. The number of fused-ring (bicyclic) bond motifs is 2. The van der Waals surface area contributed by atoms with Gasteiger partial charge in [0.15, 0.2) is 0 Å². The summed E-state index contributed by atoms with van der Waals surface area (Å²) in [6.07, 6.45) is 15.3. The maximum Gasteiger partial charge on any atom is 0.241 e. The number of pyridine rings is 1. The fourth-order valence-corrected chi connectivity index (χ4v) is 4.42. The summed E-state index contributed by atoms with van der Waals surface area (Å²) < 4.78 is 0. The monoisotopic (exact) mass is 492 g/mol. The summed E-state index contributed by atoms with van der Waals surface area (Å²) in [5.41, 5.74) is 4.09. The number of carbonyl (C=O) groups excluding carboxylic acids is 2. The standard InChI is InChI=1S/C29H40N4O3/c1-4-22(2)13-14-23(3)29(36)32-19-24-10-6-5-7-12-26(18-24)33(28(35)21-32)20-27(34)31-17-15-25-11-8-9-16-30-25/h4,8-14,16,23,29,36H,5-7,15,17-21H2,1-3H3,(H,31,34)/b14-13-,22-4-,24-10+,26-12+. The highest BCUT2D eigenvalue weighted by atomic mass is 16.3. The van der Waals surface area contributed by atoms with E-state index in [-0.39, 0.29) is 30.8 Å². The van der Waals surface area contributed by atoms with Crippen molar-refractivity contribution in [2.45, 2.75) is 59.1 Å². The first-order valence-corrected chi connectivity index (χ1v) is 12.9. The van der Waals surface area contributed by atoms with E-state index in [0.717, 1.165) is 36.2 Å². The van der Waals surface area contributed by atoms with Crippen LogP contribution in [0.4, 0.5) is 0 Å². The van der Waals surface area contributed by atoms with Crippen molar-refractivity contribution in [2.75, 3.05) is 26.2 Å². The molecule has 0 spiro atoms. The second kappa shape index (κ2) is 13.9. The van der Waals surface area contributed by atoms with E-state index in [4.69, 9.17) is 0 Å². The number of rotatable bonds is 9. The van der Waals surface area contributed by atoms with Crippen molar-refractivity contribution in [1.29, 1.82) is 0 Å². The van der Waals surface area contributed by atoms with Crippen LogP contribution in [0, 0.1) is 5.92 Å². The summed E-state index contributed by atoms with van der Waals surface area (Å²) in [5.74, 6) is -0.515. The van der Waals surface area contributed by atoms with Crippen molar-refractivity contribution in [1.82, 2.24) is 20.1 Å². The molecule has 2 unspecified atom stereocenters. The summed E-state index contributed by atoms with van der Waals surface area (Å²) in [4.78, 5) is 34.0. The molecule has 0 radical (unpaired) electrons. The lowest BCUT2D eigenvalue weighted by Gasteiger charge is -2.37. The fraction of sp³-hybridized carbons (Fsp3) is 0.483. The fourth-order valence-electron chi connectivity index (χ4n) is 4.42. The van der Waals surface area contributed by atoms with Crippen molar-refractivity contribution in [3.05, 3.63) is 77.3 Å². The smallest absolute Gasteiger partial charge is 0.241 e. The zero-order valence-electron chi connectivity index (χ0n) is 21.8. The Morgan fingerprint density at radius 2 is 2.06 bits per heavy atom. The van der Waals surface area contributed by atoms with Gasteiger partial charge in [0.1, 0.15) is 12.8 Å². The van der Waals surface area contributed by atoms with Gasteiger partial charge in [-0.15, -0.1) is 0 Å². The number of nitrogens with zero attached hydrogens (tertiary/aromatic N) is 3. The highest BCUT2D eigenvalue weighted by molar-refractivity contribution is 5.87. The van der Waals surface area contributed by atoms with Crippen LogP contribution in [-0.4, -0.2) is 64.1 Å². The molecule has 2 aliphatic rings. The lowest BCUT2D eigenvalue weighted by Crippen LogP contribution is -2.51. The van der Waals surface area contributed by atoms with Gasteiger partial charge in [0.2, 0.25) is 11.8 Å². The van der Waals surface area contributed by atoms with Crippen LogP contribution in [0.15, 0.2) is 71.6 Å². The van der Waals surface area contributed by atoms with Crippen LogP contribution in [-0.2, 0) is 16.0 Å².